The van der Waals surface area contributed by atoms with E-state index in [-0.39, 0.29) is 0 Å². The molecule has 0 aliphatic rings. The molecule has 0 radical (unpaired) electrons. The van der Waals surface area contributed by atoms with Gasteiger partial charge in [-0.05, 0) is 30.7 Å². The van der Waals surface area contributed by atoms with Crippen molar-refractivity contribution < 1.29 is 14.2 Å². The number of halogens is 1. The van der Waals surface area contributed by atoms with Crippen molar-refractivity contribution in [2.45, 2.75) is 6.42 Å². The van der Waals surface area contributed by atoms with E-state index in [4.69, 9.17) is 19.9 Å². The van der Waals surface area contributed by atoms with Crippen molar-refractivity contribution in [2.75, 3.05) is 27.4 Å². The highest BCUT2D eigenvalue weighted by Crippen LogP contribution is 2.39. The average molecular weight is 316 g/mol. The second kappa shape index (κ2) is 7.28. The molecular weight excluding hydrogens is 298 g/mol. The van der Waals surface area contributed by atoms with Crippen LogP contribution in [0.15, 0.2) is 23.2 Å². The number of hydrogen-bond acceptors (Lipinski definition) is 4. The summed E-state index contributed by atoms with van der Waals surface area (Å²) in [6, 6.07) is 3.81. The summed E-state index contributed by atoms with van der Waals surface area (Å²) in [7, 11) is 3.19. The normalized spacial score (nSPS) is 10.0. The highest BCUT2D eigenvalue weighted by atomic mass is 79.9. The molecule has 4 nitrogen and oxygen atoms in total. The number of methoxy groups -OCH3 is 2. The molecule has 2 N–H and O–H groups in total. The van der Waals surface area contributed by atoms with Crippen molar-refractivity contribution in [3.8, 4) is 17.2 Å². The highest BCUT2D eigenvalue weighted by molar-refractivity contribution is 9.11. The summed E-state index contributed by atoms with van der Waals surface area (Å²) >= 11 is 3.25. The molecule has 100 valence electrons. The molecule has 0 aromatic heterocycles. The fourth-order valence-corrected chi connectivity index (χ4v) is 1.65. The van der Waals surface area contributed by atoms with Gasteiger partial charge in [0.05, 0.1) is 14.2 Å². The van der Waals surface area contributed by atoms with Crippen molar-refractivity contribution in [1.82, 2.24) is 0 Å². The number of ether oxygens (including phenoxy) is 3. The first kappa shape index (κ1) is 14.9. The first-order valence-corrected chi connectivity index (χ1v) is 6.32. The Labute approximate surface area is 116 Å². The third kappa shape index (κ3) is 3.92. The molecule has 0 saturated heterocycles. The van der Waals surface area contributed by atoms with Gasteiger partial charge in [-0.15, -0.1) is 0 Å². The van der Waals surface area contributed by atoms with Gasteiger partial charge in [0.15, 0.2) is 11.5 Å². The molecule has 0 bridgehead atoms. The monoisotopic (exact) mass is 315 g/mol. The van der Waals surface area contributed by atoms with Crippen molar-refractivity contribution in [3.63, 3.8) is 0 Å². The lowest BCUT2D eigenvalue weighted by molar-refractivity contribution is 0.299. The van der Waals surface area contributed by atoms with Gasteiger partial charge in [0.2, 0.25) is 5.75 Å². The Bertz CT molecular complexity index is 396. The Hall–Kier alpha value is -1.20. The van der Waals surface area contributed by atoms with Gasteiger partial charge in [0.1, 0.15) is 6.61 Å². The van der Waals surface area contributed by atoms with Crippen molar-refractivity contribution in [2.24, 2.45) is 5.73 Å². The Morgan fingerprint density at radius 2 is 1.83 bits per heavy atom. The summed E-state index contributed by atoms with van der Waals surface area (Å²) < 4.78 is 17.0. The largest absolute Gasteiger partial charge is 0.493 e. The minimum absolute atomic E-state index is 0.350. The lowest BCUT2D eigenvalue weighted by Gasteiger charge is -2.15. The lowest BCUT2D eigenvalue weighted by Crippen LogP contribution is -2.05. The van der Waals surface area contributed by atoms with Gasteiger partial charge < -0.3 is 19.9 Å². The zero-order chi connectivity index (χ0) is 13.5. The van der Waals surface area contributed by atoms with Crippen LogP contribution in [0, 0.1) is 0 Å². The van der Waals surface area contributed by atoms with Crippen LogP contribution in [0.3, 0.4) is 0 Å². The van der Waals surface area contributed by atoms with Crippen LogP contribution in [0.2, 0.25) is 0 Å². The molecule has 1 aromatic carbocycles. The van der Waals surface area contributed by atoms with E-state index in [2.05, 4.69) is 22.5 Å². The van der Waals surface area contributed by atoms with E-state index in [1.807, 2.05) is 12.1 Å². The molecular formula is C13H18BrNO3. The smallest absolute Gasteiger partial charge is 0.203 e. The zero-order valence-corrected chi connectivity index (χ0v) is 12.2. The Balaban J connectivity index is 3.08. The van der Waals surface area contributed by atoms with Gasteiger partial charge in [0, 0.05) is 4.48 Å². The van der Waals surface area contributed by atoms with Gasteiger partial charge in [-0.3, -0.25) is 0 Å². The topological polar surface area (TPSA) is 53.7 Å². The highest BCUT2D eigenvalue weighted by Gasteiger charge is 2.14. The molecule has 0 unspecified atom stereocenters. The summed E-state index contributed by atoms with van der Waals surface area (Å²) in [5.41, 5.74) is 6.60. The van der Waals surface area contributed by atoms with Gasteiger partial charge in [-0.1, -0.05) is 22.5 Å². The quantitative estimate of drug-likeness (QED) is 0.840. The van der Waals surface area contributed by atoms with E-state index < -0.39 is 0 Å². The van der Waals surface area contributed by atoms with Crippen molar-refractivity contribution in [1.29, 1.82) is 0 Å². The van der Waals surface area contributed by atoms with E-state index in [1.165, 1.54) is 0 Å². The van der Waals surface area contributed by atoms with E-state index >= 15 is 0 Å². The molecule has 0 fully saturated rings. The molecule has 0 aliphatic heterocycles. The maximum Gasteiger partial charge on any atom is 0.203 e. The summed E-state index contributed by atoms with van der Waals surface area (Å²) in [4.78, 5) is 0. The third-order valence-electron chi connectivity index (χ3n) is 2.33. The fraction of sp³-hybridized carbons (Fsp3) is 0.385. The summed E-state index contributed by atoms with van der Waals surface area (Å²) in [5, 5.41) is 0. The van der Waals surface area contributed by atoms with Gasteiger partial charge in [-0.25, -0.2) is 0 Å². The van der Waals surface area contributed by atoms with E-state index in [9.17, 15) is 0 Å². The third-order valence-corrected chi connectivity index (χ3v) is 2.56. The predicted molar refractivity (Wildman–Crippen MR) is 75.9 cm³/mol. The molecule has 0 heterocycles. The van der Waals surface area contributed by atoms with E-state index in [0.717, 1.165) is 16.5 Å². The van der Waals surface area contributed by atoms with Crippen LogP contribution in [0.25, 0.3) is 0 Å². The average Bonchev–Trinajstić information content (AvgIpc) is 2.36. The SMILES string of the molecule is C=C(Br)COc1c(OC)cc(CCN)cc1OC. The summed E-state index contributed by atoms with van der Waals surface area (Å²) in [5.74, 6) is 1.83. The second-order valence-electron chi connectivity index (χ2n) is 3.67. The summed E-state index contributed by atoms with van der Waals surface area (Å²) in [6.07, 6.45) is 0.762. The molecule has 1 aromatic rings. The zero-order valence-electron chi connectivity index (χ0n) is 10.7. The molecule has 0 saturated carbocycles. The lowest BCUT2D eigenvalue weighted by atomic mass is 10.1. The van der Waals surface area contributed by atoms with Gasteiger partial charge >= 0.3 is 0 Å². The van der Waals surface area contributed by atoms with Crippen LogP contribution in [0.5, 0.6) is 17.2 Å². The fourth-order valence-electron chi connectivity index (χ4n) is 1.54. The van der Waals surface area contributed by atoms with Crippen molar-refractivity contribution >= 4 is 15.9 Å². The number of rotatable bonds is 7. The predicted octanol–water partition coefficient (Wildman–Crippen LogP) is 2.49. The first-order chi connectivity index (χ1) is 8.62. The molecule has 0 aliphatic carbocycles. The maximum absolute atomic E-state index is 5.62. The Kier molecular flexibility index (Phi) is 6.01. The van der Waals surface area contributed by atoms with Crippen LogP contribution in [-0.4, -0.2) is 27.4 Å². The van der Waals surface area contributed by atoms with Crippen molar-refractivity contribution in [3.05, 3.63) is 28.8 Å². The van der Waals surface area contributed by atoms with Gasteiger partial charge in [0.25, 0.3) is 0 Å². The number of nitrogens with two attached hydrogens (primary N) is 1. The minimum atomic E-state index is 0.350. The second-order valence-corrected chi connectivity index (χ2v) is 4.80. The number of hydrogen-bond donors (Lipinski definition) is 1. The van der Waals surface area contributed by atoms with Crippen LogP contribution < -0.4 is 19.9 Å². The Morgan fingerprint density at radius 3 is 2.22 bits per heavy atom. The van der Waals surface area contributed by atoms with Gasteiger partial charge in [-0.2, -0.15) is 0 Å². The molecule has 18 heavy (non-hydrogen) atoms. The molecule has 1 rings (SSSR count). The summed E-state index contributed by atoms with van der Waals surface area (Å²) in [6.45, 7) is 4.65. The maximum atomic E-state index is 5.62. The van der Waals surface area contributed by atoms with Crippen LogP contribution in [0.1, 0.15) is 5.56 Å². The van der Waals surface area contributed by atoms with E-state index in [1.54, 1.807) is 14.2 Å². The first-order valence-electron chi connectivity index (χ1n) is 5.53. The van der Waals surface area contributed by atoms with Crippen LogP contribution in [0.4, 0.5) is 0 Å². The van der Waals surface area contributed by atoms with E-state index in [0.29, 0.717) is 30.4 Å². The Morgan fingerprint density at radius 1 is 1.28 bits per heavy atom. The minimum Gasteiger partial charge on any atom is -0.493 e. The molecule has 0 atom stereocenters. The molecule has 0 spiro atoms. The molecule has 5 heteroatoms. The number of benzene rings is 1. The molecule has 0 amide bonds. The van der Waals surface area contributed by atoms with Crippen LogP contribution >= 0.6 is 15.9 Å². The standard InChI is InChI=1S/C13H18BrNO3/c1-9(14)8-18-13-11(16-2)6-10(4-5-15)7-12(13)17-3/h6-7H,1,4-5,8,15H2,2-3H3. The van der Waals surface area contributed by atoms with Crippen LogP contribution in [-0.2, 0) is 6.42 Å².